The van der Waals surface area contributed by atoms with Gasteiger partial charge in [-0.05, 0) is 38.0 Å². The van der Waals surface area contributed by atoms with E-state index in [4.69, 9.17) is 0 Å². The highest BCUT2D eigenvalue weighted by molar-refractivity contribution is 5.98. The zero-order valence-electron chi connectivity index (χ0n) is 12.1. The van der Waals surface area contributed by atoms with E-state index in [1.807, 2.05) is 31.2 Å². The third-order valence-electron chi connectivity index (χ3n) is 3.71. The van der Waals surface area contributed by atoms with Gasteiger partial charge in [-0.3, -0.25) is 9.59 Å². The molecular weight excluding hydrogens is 252 g/mol. The molecule has 106 valence electrons. The van der Waals surface area contributed by atoms with E-state index >= 15 is 0 Å². The molecule has 1 aromatic rings. The van der Waals surface area contributed by atoms with Crippen LogP contribution in [-0.4, -0.2) is 35.3 Å². The van der Waals surface area contributed by atoms with Crippen molar-refractivity contribution >= 4 is 17.9 Å². The largest absolute Gasteiger partial charge is 0.352 e. The van der Waals surface area contributed by atoms with E-state index in [0.717, 1.165) is 11.1 Å². The Labute approximate surface area is 119 Å². The Balaban J connectivity index is 2.16. The van der Waals surface area contributed by atoms with Gasteiger partial charge in [0.25, 0.3) is 0 Å². The molecule has 20 heavy (non-hydrogen) atoms. The lowest BCUT2D eigenvalue weighted by Crippen LogP contribution is -2.63. The quantitative estimate of drug-likeness (QED) is 0.834. The smallest absolute Gasteiger partial charge is 0.247 e. The van der Waals surface area contributed by atoms with Crippen LogP contribution in [0.1, 0.15) is 25.0 Å². The summed E-state index contributed by atoms with van der Waals surface area (Å²) in [5.74, 6) is -0.241. The lowest BCUT2D eigenvalue weighted by atomic mass is 9.98. The number of carbonyl (C=O) groups excluding carboxylic acids is 2. The fraction of sp³-hybridized carbons (Fsp3) is 0.375. The number of aryl methyl sites for hydroxylation is 1. The molecule has 1 aromatic carbocycles. The summed E-state index contributed by atoms with van der Waals surface area (Å²) in [6, 6.07) is 7.87. The highest BCUT2D eigenvalue weighted by Crippen LogP contribution is 2.18. The van der Waals surface area contributed by atoms with Crippen molar-refractivity contribution in [2.45, 2.75) is 26.3 Å². The van der Waals surface area contributed by atoms with Gasteiger partial charge in [0.2, 0.25) is 11.8 Å². The Morgan fingerprint density at radius 3 is 2.75 bits per heavy atom. The van der Waals surface area contributed by atoms with E-state index in [2.05, 4.69) is 5.32 Å². The number of piperazine rings is 1. The molecule has 2 amide bonds. The van der Waals surface area contributed by atoms with E-state index in [0.29, 0.717) is 13.1 Å². The average Bonchev–Trinajstić information content (AvgIpc) is 2.40. The van der Waals surface area contributed by atoms with Gasteiger partial charge in [0, 0.05) is 19.2 Å². The summed E-state index contributed by atoms with van der Waals surface area (Å²) in [5.41, 5.74) is 1.33. The maximum Gasteiger partial charge on any atom is 0.247 e. The first-order valence-corrected chi connectivity index (χ1v) is 6.76. The zero-order chi connectivity index (χ0) is 14.8. The molecule has 4 nitrogen and oxygen atoms in total. The molecule has 0 bridgehead atoms. The Morgan fingerprint density at radius 1 is 1.35 bits per heavy atom. The number of hydrogen-bond donors (Lipinski definition) is 1. The van der Waals surface area contributed by atoms with Gasteiger partial charge in [-0.25, -0.2) is 0 Å². The molecule has 1 N–H and O–H groups in total. The number of benzene rings is 1. The molecule has 2 rings (SSSR count). The Kier molecular flexibility index (Phi) is 3.93. The number of rotatable bonds is 2. The molecule has 0 radical (unpaired) electrons. The topological polar surface area (TPSA) is 49.4 Å². The number of nitrogens with zero attached hydrogens (tertiary/aromatic N) is 1. The van der Waals surface area contributed by atoms with Gasteiger partial charge in [-0.15, -0.1) is 0 Å². The van der Waals surface area contributed by atoms with E-state index in [-0.39, 0.29) is 11.8 Å². The van der Waals surface area contributed by atoms with E-state index in [1.165, 1.54) is 0 Å². The highest BCUT2D eigenvalue weighted by atomic mass is 16.2. The van der Waals surface area contributed by atoms with Crippen molar-refractivity contribution in [2.24, 2.45) is 0 Å². The van der Waals surface area contributed by atoms with E-state index < -0.39 is 5.54 Å². The molecule has 1 aliphatic heterocycles. The fourth-order valence-electron chi connectivity index (χ4n) is 2.31. The lowest BCUT2D eigenvalue weighted by Gasteiger charge is -2.40. The number of amides is 2. The maximum absolute atomic E-state index is 12.3. The summed E-state index contributed by atoms with van der Waals surface area (Å²) in [7, 11) is 0. The average molecular weight is 272 g/mol. The van der Waals surface area contributed by atoms with Crippen LogP contribution in [0.2, 0.25) is 0 Å². The van der Waals surface area contributed by atoms with Crippen molar-refractivity contribution < 1.29 is 9.59 Å². The van der Waals surface area contributed by atoms with Crippen LogP contribution in [0.3, 0.4) is 0 Å². The number of hydrogen-bond acceptors (Lipinski definition) is 2. The fourth-order valence-corrected chi connectivity index (χ4v) is 2.31. The summed E-state index contributed by atoms with van der Waals surface area (Å²) >= 11 is 0. The van der Waals surface area contributed by atoms with Crippen molar-refractivity contribution in [2.75, 3.05) is 13.1 Å². The highest BCUT2D eigenvalue weighted by Gasteiger charge is 2.39. The Morgan fingerprint density at radius 2 is 2.05 bits per heavy atom. The molecule has 4 heteroatoms. The van der Waals surface area contributed by atoms with E-state index in [9.17, 15) is 9.59 Å². The van der Waals surface area contributed by atoms with Crippen LogP contribution in [0.15, 0.2) is 30.3 Å². The van der Waals surface area contributed by atoms with Gasteiger partial charge < -0.3 is 10.2 Å². The SMILES string of the molecule is Cc1ccccc1C=CC(=O)N1CCNC(=O)C1(C)C. The van der Waals surface area contributed by atoms with Crippen LogP contribution in [0, 0.1) is 6.92 Å². The molecular formula is C16H20N2O2. The molecule has 1 heterocycles. The monoisotopic (exact) mass is 272 g/mol. The van der Waals surface area contributed by atoms with Crippen molar-refractivity contribution in [3.63, 3.8) is 0 Å². The van der Waals surface area contributed by atoms with Gasteiger partial charge in [-0.1, -0.05) is 24.3 Å². The van der Waals surface area contributed by atoms with Crippen LogP contribution in [0.25, 0.3) is 6.08 Å². The summed E-state index contributed by atoms with van der Waals surface area (Å²) in [6.07, 6.45) is 3.35. The summed E-state index contributed by atoms with van der Waals surface area (Å²) < 4.78 is 0. The van der Waals surface area contributed by atoms with Crippen LogP contribution >= 0.6 is 0 Å². The third kappa shape index (κ3) is 2.74. The zero-order valence-corrected chi connectivity index (χ0v) is 12.1. The third-order valence-corrected chi connectivity index (χ3v) is 3.71. The minimum atomic E-state index is -0.800. The standard InChI is InChI=1S/C16H20N2O2/c1-12-6-4-5-7-13(12)8-9-14(19)18-11-10-17-15(20)16(18,2)3/h4-9H,10-11H2,1-3H3,(H,17,20). The minimum absolute atomic E-state index is 0.110. The summed E-state index contributed by atoms with van der Waals surface area (Å²) in [5, 5.41) is 2.78. The van der Waals surface area contributed by atoms with Crippen LogP contribution in [0.4, 0.5) is 0 Å². The van der Waals surface area contributed by atoms with Crippen molar-refractivity contribution in [3.8, 4) is 0 Å². The summed E-state index contributed by atoms with van der Waals surface area (Å²) in [4.78, 5) is 25.7. The second-order valence-electron chi connectivity index (χ2n) is 5.49. The molecule has 0 saturated carbocycles. The number of nitrogens with one attached hydrogen (secondary N) is 1. The first-order chi connectivity index (χ1) is 9.43. The molecule has 1 fully saturated rings. The minimum Gasteiger partial charge on any atom is -0.352 e. The van der Waals surface area contributed by atoms with E-state index in [1.54, 1.807) is 30.9 Å². The van der Waals surface area contributed by atoms with Crippen molar-refractivity contribution in [1.82, 2.24) is 10.2 Å². The van der Waals surface area contributed by atoms with Crippen LogP contribution in [-0.2, 0) is 9.59 Å². The molecule has 0 unspecified atom stereocenters. The Bertz CT molecular complexity index is 561. The summed E-state index contributed by atoms with van der Waals surface area (Å²) in [6.45, 7) is 6.58. The van der Waals surface area contributed by atoms with Crippen LogP contribution in [0.5, 0.6) is 0 Å². The van der Waals surface area contributed by atoms with Crippen LogP contribution < -0.4 is 5.32 Å². The van der Waals surface area contributed by atoms with Crippen molar-refractivity contribution in [1.29, 1.82) is 0 Å². The molecule has 0 aliphatic carbocycles. The molecule has 0 atom stereocenters. The van der Waals surface area contributed by atoms with Gasteiger partial charge in [0.1, 0.15) is 5.54 Å². The molecule has 0 spiro atoms. The van der Waals surface area contributed by atoms with Crippen molar-refractivity contribution in [3.05, 3.63) is 41.5 Å². The second-order valence-corrected chi connectivity index (χ2v) is 5.49. The van der Waals surface area contributed by atoms with Gasteiger partial charge in [-0.2, -0.15) is 0 Å². The Hall–Kier alpha value is -2.10. The molecule has 1 aliphatic rings. The normalized spacial score (nSPS) is 18.1. The molecule has 1 saturated heterocycles. The van der Waals surface area contributed by atoms with Gasteiger partial charge in [0.05, 0.1) is 0 Å². The first kappa shape index (κ1) is 14.3. The number of carbonyl (C=O) groups is 2. The predicted octanol–water partition coefficient (Wildman–Crippen LogP) is 1.75. The second kappa shape index (κ2) is 5.49. The predicted molar refractivity (Wildman–Crippen MR) is 79.0 cm³/mol. The maximum atomic E-state index is 12.3. The lowest BCUT2D eigenvalue weighted by molar-refractivity contribution is -0.146. The molecule has 0 aromatic heterocycles. The van der Waals surface area contributed by atoms with Gasteiger partial charge in [0.15, 0.2) is 0 Å². The first-order valence-electron chi connectivity index (χ1n) is 6.76. The van der Waals surface area contributed by atoms with Gasteiger partial charge >= 0.3 is 0 Å².